The van der Waals surface area contributed by atoms with Gasteiger partial charge in [-0.15, -0.1) is 0 Å². The highest BCUT2D eigenvalue weighted by molar-refractivity contribution is 5.98. The summed E-state index contributed by atoms with van der Waals surface area (Å²) in [6.45, 7) is 1.69. The largest absolute Gasteiger partial charge is 0.385 e. The molecule has 1 aromatic carbocycles. The zero-order valence-electron chi connectivity index (χ0n) is 11.6. The van der Waals surface area contributed by atoms with Crippen molar-refractivity contribution >= 4 is 17.5 Å². The topological polar surface area (TPSA) is 61.4 Å². The number of amides is 2. The summed E-state index contributed by atoms with van der Waals surface area (Å²) in [5.41, 5.74) is 2.93. The molecule has 2 heterocycles. The Bertz CT molecular complexity index is 556. The van der Waals surface area contributed by atoms with Crippen LogP contribution in [0, 0.1) is 0 Å². The minimum absolute atomic E-state index is 0.00187. The van der Waals surface area contributed by atoms with E-state index in [4.69, 9.17) is 0 Å². The summed E-state index contributed by atoms with van der Waals surface area (Å²) in [6.07, 6.45) is 2.77. The molecule has 0 spiro atoms. The van der Waals surface area contributed by atoms with Crippen molar-refractivity contribution in [3.63, 3.8) is 0 Å². The van der Waals surface area contributed by atoms with Gasteiger partial charge in [0.25, 0.3) is 5.91 Å². The van der Waals surface area contributed by atoms with Crippen LogP contribution in [0.4, 0.5) is 5.69 Å². The number of nitrogens with one attached hydrogen (secondary N) is 2. The lowest BCUT2D eigenvalue weighted by Gasteiger charge is -2.19. The first kappa shape index (κ1) is 13.0. The van der Waals surface area contributed by atoms with E-state index in [0.29, 0.717) is 18.5 Å². The van der Waals surface area contributed by atoms with Gasteiger partial charge in [-0.25, -0.2) is 0 Å². The molecule has 1 saturated heterocycles. The van der Waals surface area contributed by atoms with Gasteiger partial charge in [0.2, 0.25) is 5.91 Å². The number of carbonyl (C=O) groups excluding carboxylic acids is 2. The number of fused-ring (bicyclic) bond motifs is 1. The van der Waals surface area contributed by atoms with Gasteiger partial charge >= 0.3 is 0 Å². The van der Waals surface area contributed by atoms with E-state index in [1.807, 2.05) is 18.2 Å². The maximum absolute atomic E-state index is 12.2. The van der Waals surface area contributed by atoms with Crippen molar-refractivity contribution in [2.45, 2.75) is 25.3 Å². The maximum atomic E-state index is 12.2. The Morgan fingerprint density at radius 3 is 3.05 bits per heavy atom. The van der Waals surface area contributed by atoms with Crippen LogP contribution in [0.2, 0.25) is 0 Å². The molecule has 2 N–H and O–H groups in total. The first-order valence-corrected chi connectivity index (χ1v) is 7.08. The van der Waals surface area contributed by atoms with Gasteiger partial charge in [0.1, 0.15) is 6.04 Å². The van der Waals surface area contributed by atoms with E-state index in [-0.39, 0.29) is 17.9 Å². The third-order valence-electron chi connectivity index (χ3n) is 4.04. The quantitative estimate of drug-likeness (QED) is 0.845. The van der Waals surface area contributed by atoms with Crippen LogP contribution in [0.25, 0.3) is 0 Å². The second kappa shape index (κ2) is 5.15. The Kier molecular flexibility index (Phi) is 3.34. The zero-order valence-corrected chi connectivity index (χ0v) is 11.6. The molecule has 1 fully saturated rings. The third-order valence-corrected chi connectivity index (χ3v) is 4.04. The van der Waals surface area contributed by atoms with Crippen LogP contribution in [0.15, 0.2) is 18.2 Å². The molecule has 0 saturated carbocycles. The number of carbonyl (C=O) groups is 2. The number of nitrogens with zero attached hydrogens (tertiary/aromatic N) is 1. The third kappa shape index (κ3) is 2.35. The lowest BCUT2D eigenvalue weighted by Crippen LogP contribution is -2.40. The van der Waals surface area contributed by atoms with E-state index >= 15 is 0 Å². The van der Waals surface area contributed by atoms with E-state index in [1.54, 1.807) is 11.9 Å². The maximum Gasteiger partial charge on any atom is 0.251 e. The summed E-state index contributed by atoms with van der Waals surface area (Å²) in [4.78, 5) is 25.7. The fourth-order valence-corrected chi connectivity index (χ4v) is 2.81. The fourth-order valence-electron chi connectivity index (χ4n) is 2.81. The summed E-state index contributed by atoms with van der Waals surface area (Å²) in [5, 5.41) is 6.15. The summed E-state index contributed by atoms with van der Waals surface area (Å²) in [7, 11) is 1.76. The Labute approximate surface area is 118 Å². The van der Waals surface area contributed by atoms with E-state index in [2.05, 4.69) is 10.6 Å². The standard InChI is InChI=1S/C15H19N3O2/c1-18-8-6-13(15(18)20)17-14(19)11-4-5-12-10(9-11)3-2-7-16-12/h4-5,9,13,16H,2-3,6-8H2,1H3,(H,17,19). The molecule has 0 aliphatic carbocycles. The molecular formula is C15H19N3O2. The number of benzene rings is 1. The first-order valence-electron chi connectivity index (χ1n) is 7.08. The van der Waals surface area contributed by atoms with Crippen LogP contribution in [0.5, 0.6) is 0 Å². The van der Waals surface area contributed by atoms with Crippen LogP contribution >= 0.6 is 0 Å². The van der Waals surface area contributed by atoms with Crippen molar-refractivity contribution in [1.29, 1.82) is 0 Å². The molecule has 5 heteroatoms. The number of hydrogen-bond donors (Lipinski definition) is 2. The minimum atomic E-state index is -0.373. The van der Waals surface area contributed by atoms with Crippen LogP contribution in [-0.4, -0.2) is 42.9 Å². The lowest BCUT2D eigenvalue weighted by atomic mass is 10.0. The van der Waals surface area contributed by atoms with Crippen LogP contribution in [0.3, 0.4) is 0 Å². The lowest BCUT2D eigenvalue weighted by molar-refractivity contribution is -0.128. The van der Waals surface area contributed by atoms with Crippen molar-refractivity contribution in [3.8, 4) is 0 Å². The normalized spacial score (nSPS) is 21.4. The number of anilines is 1. The van der Waals surface area contributed by atoms with Gasteiger partial charge < -0.3 is 15.5 Å². The summed E-state index contributed by atoms with van der Waals surface area (Å²) >= 11 is 0. The number of hydrogen-bond acceptors (Lipinski definition) is 3. The Hall–Kier alpha value is -2.04. The SMILES string of the molecule is CN1CCC(NC(=O)c2ccc3c(c2)CCCN3)C1=O. The number of likely N-dealkylation sites (tertiary alicyclic amines) is 1. The molecule has 0 bridgehead atoms. The number of rotatable bonds is 2. The summed E-state index contributed by atoms with van der Waals surface area (Å²) in [6, 6.07) is 5.32. The van der Waals surface area contributed by atoms with Crippen molar-refractivity contribution in [2.24, 2.45) is 0 Å². The summed E-state index contributed by atoms with van der Waals surface area (Å²) < 4.78 is 0. The van der Waals surface area contributed by atoms with Crippen LogP contribution < -0.4 is 10.6 Å². The van der Waals surface area contributed by atoms with Crippen molar-refractivity contribution < 1.29 is 9.59 Å². The monoisotopic (exact) mass is 273 g/mol. The minimum Gasteiger partial charge on any atom is -0.385 e. The molecule has 0 aromatic heterocycles. The highest BCUT2D eigenvalue weighted by atomic mass is 16.2. The van der Waals surface area contributed by atoms with E-state index < -0.39 is 0 Å². The smallest absolute Gasteiger partial charge is 0.251 e. The van der Waals surface area contributed by atoms with Gasteiger partial charge in [0, 0.05) is 31.4 Å². The molecule has 2 aliphatic heterocycles. The molecule has 2 aliphatic rings. The van der Waals surface area contributed by atoms with Gasteiger partial charge in [-0.2, -0.15) is 0 Å². The average Bonchev–Trinajstić information content (AvgIpc) is 2.78. The van der Waals surface area contributed by atoms with E-state index in [0.717, 1.165) is 25.1 Å². The molecule has 1 unspecified atom stereocenters. The van der Waals surface area contributed by atoms with Gasteiger partial charge in [-0.1, -0.05) is 0 Å². The van der Waals surface area contributed by atoms with Gasteiger partial charge in [-0.3, -0.25) is 9.59 Å². The molecule has 1 atom stereocenters. The zero-order chi connectivity index (χ0) is 14.1. The molecule has 106 valence electrons. The predicted molar refractivity (Wildman–Crippen MR) is 76.8 cm³/mol. The molecule has 20 heavy (non-hydrogen) atoms. The fraction of sp³-hybridized carbons (Fsp3) is 0.467. The Morgan fingerprint density at radius 2 is 2.30 bits per heavy atom. The van der Waals surface area contributed by atoms with Crippen molar-refractivity contribution in [1.82, 2.24) is 10.2 Å². The van der Waals surface area contributed by atoms with Gasteiger partial charge in [0.15, 0.2) is 0 Å². The van der Waals surface area contributed by atoms with Gasteiger partial charge in [0.05, 0.1) is 0 Å². The first-order chi connectivity index (χ1) is 9.65. The molecule has 0 radical (unpaired) electrons. The average molecular weight is 273 g/mol. The number of aryl methyl sites for hydroxylation is 1. The molecule has 2 amide bonds. The van der Waals surface area contributed by atoms with Crippen LogP contribution in [0.1, 0.15) is 28.8 Å². The highest BCUT2D eigenvalue weighted by Crippen LogP contribution is 2.23. The molecule has 5 nitrogen and oxygen atoms in total. The molecular weight excluding hydrogens is 254 g/mol. The summed E-state index contributed by atoms with van der Waals surface area (Å²) in [5.74, 6) is -0.162. The molecule has 1 aromatic rings. The second-order valence-corrected chi connectivity index (χ2v) is 5.48. The van der Waals surface area contributed by atoms with Crippen molar-refractivity contribution in [2.75, 3.05) is 25.5 Å². The second-order valence-electron chi connectivity index (χ2n) is 5.48. The number of likely N-dealkylation sites (N-methyl/N-ethyl adjacent to an activating group) is 1. The van der Waals surface area contributed by atoms with Crippen LogP contribution in [-0.2, 0) is 11.2 Å². The Balaban J connectivity index is 1.73. The van der Waals surface area contributed by atoms with E-state index in [1.165, 1.54) is 5.56 Å². The van der Waals surface area contributed by atoms with Gasteiger partial charge in [-0.05, 0) is 43.0 Å². The predicted octanol–water partition coefficient (Wildman–Crippen LogP) is 1.01. The molecule has 3 rings (SSSR count). The van der Waals surface area contributed by atoms with Crippen molar-refractivity contribution in [3.05, 3.63) is 29.3 Å². The highest BCUT2D eigenvalue weighted by Gasteiger charge is 2.30. The van der Waals surface area contributed by atoms with E-state index in [9.17, 15) is 9.59 Å². The Morgan fingerprint density at radius 1 is 1.45 bits per heavy atom.